The fourth-order valence-electron chi connectivity index (χ4n) is 2.68. The number of benzene rings is 1. The van der Waals surface area contributed by atoms with Gasteiger partial charge < -0.3 is 15.4 Å². The van der Waals surface area contributed by atoms with Crippen molar-refractivity contribution in [2.45, 2.75) is 38.9 Å². The number of nitrogen functional groups attached to an aromatic ring is 1. The van der Waals surface area contributed by atoms with E-state index < -0.39 is 0 Å². The Hall–Kier alpha value is -1.73. The number of ether oxygens (including phenoxy) is 1. The molecule has 1 aromatic rings. The SMILES string of the molecule is CC1CN(c2ccc(N)c(CC#N)c2)CC(C)(C)O1. The first-order valence-corrected chi connectivity index (χ1v) is 6.59. The molecule has 1 fully saturated rings. The maximum Gasteiger partial charge on any atom is 0.0805 e. The molecule has 0 bridgehead atoms. The third kappa shape index (κ3) is 3.18. The average Bonchev–Trinajstić information content (AvgIpc) is 2.29. The molecule has 0 saturated carbocycles. The molecule has 0 radical (unpaired) electrons. The van der Waals surface area contributed by atoms with Gasteiger partial charge in [-0.05, 0) is 44.5 Å². The van der Waals surface area contributed by atoms with Crippen LogP contribution in [0.1, 0.15) is 26.3 Å². The predicted octanol–water partition coefficient (Wildman–Crippen LogP) is 2.34. The Morgan fingerprint density at radius 3 is 2.89 bits per heavy atom. The molecule has 1 atom stereocenters. The first-order valence-electron chi connectivity index (χ1n) is 6.59. The lowest BCUT2D eigenvalue weighted by Gasteiger charge is -2.43. The molecular weight excluding hydrogens is 238 g/mol. The number of morpholine rings is 1. The second-order valence-electron chi connectivity index (χ2n) is 5.79. The van der Waals surface area contributed by atoms with Crippen molar-refractivity contribution in [2.24, 2.45) is 0 Å². The van der Waals surface area contributed by atoms with E-state index in [1.54, 1.807) is 0 Å². The molecule has 2 N–H and O–H groups in total. The van der Waals surface area contributed by atoms with Gasteiger partial charge in [-0.25, -0.2) is 0 Å². The van der Waals surface area contributed by atoms with E-state index in [-0.39, 0.29) is 11.7 Å². The number of hydrogen-bond acceptors (Lipinski definition) is 4. The topological polar surface area (TPSA) is 62.3 Å². The summed E-state index contributed by atoms with van der Waals surface area (Å²) in [5.41, 5.74) is 8.43. The monoisotopic (exact) mass is 259 g/mol. The Bertz CT molecular complexity index is 505. The Morgan fingerprint density at radius 1 is 1.53 bits per heavy atom. The zero-order valence-corrected chi connectivity index (χ0v) is 11.8. The molecule has 1 aliphatic heterocycles. The van der Waals surface area contributed by atoms with Crippen LogP contribution in [0.2, 0.25) is 0 Å². The molecule has 0 aromatic heterocycles. The summed E-state index contributed by atoms with van der Waals surface area (Å²) in [4.78, 5) is 2.30. The molecule has 4 heteroatoms. The highest BCUT2D eigenvalue weighted by molar-refractivity contribution is 5.59. The van der Waals surface area contributed by atoms with Gasteiger partial charge in [0, 0.05) is 24.5 Å². The van der Waals surface area contributed by atoms with E-state index in [2.05, 4.69) is 31.7 Å². The zero-order valence-electron chi connectivity index (χ0n) is 11.8. The molecule has 0 amide bonds. The highest BCUT2D eigenvalue weighted by atomic mass is 16.5. The van der Waals surface area contributed by atoms with Crippen LogP contribution in [0.15, 0.2) is 18.2 Å². The number of nitrogens with two attached hydrogens (primary N) is 1. The summed E-state index contributed by atoms with van der Waals surface area (Å²) in [6, 6.07) is 8.08. The van der Waals surface area contributed by atoms with Crippen LogP contribution in [0.4, 0.5) is 11.4 Å². The minimum Gasteiger partial charge on any atom is -0.398 e. The van der Waals surface area contributed by atoms with Gasteiger partial charge >= 0.3 is 0 Å². The minimum absolute atomic E-state index is 0.158. The third-order valence-electron chi connectivity index (χ3n) is 3.33. The van der Waals surface area contributed by atoms with Crippen molar-refractivity contribution in [3.63, 3.8) is 0 Å². The summed E-state index contributed by atoms with van der Waals surface area (Å²) in [5, 5.41) is 8.83. The first kappa shape index (κ1) is 13.7. The molecule has 0 aliphatic carbocycles. The molecule has 102 valence electrons. The highest BCUT2D eigenvalue weighted by Gasteiger charge is 2.31. The lowest BCUT2D eigenvalue weighted by molar-refractivity contribution is -0.0749. The fraction of sp³-hybridized carbons (Fsp3) is 0.533. The van der Waals surface area contributed by atoms with E-state index in [0.29, 0.717) is 12.1 Å². The van der Waals surface area contributed by atoms with E-state index in [9.17, 15) is 0 Å². The number of anilines is 2. The maximum atomic E-state index is 8.83. The van der Waals surface area contributed by atoms with Gasteiger partial charge in [-0.1, -0.05) is 0 Å². The Balaban J connectivity index is 2.26. The fourth-order valence-corrected chi connectivity index (χ4v) is 2.68. The van der Waals surface area contributed by atoms with Crippen LogP contribution in [-0.4, -0.2) is 24.8 Å². The van der Waals surface area contributed by atoms with E-state index >= 15 is 0 Å². The van der Waals surface area contributed by atoms with Gasteiger partial charge in [0.15, 0.2) is 0 Å². The van der Waals surface area contributed by atoms with Gasteiger partial charge in [0.25, 0.3) is 0 Å². The van der Waals surface area contributed by atoms with Crippen molar-refractivity contribution in [2.75, 3.05) is 23.7 Å². The second-order valence-corrected chi connectivity index (χ2v) is 5.79. The largest absolute Gasteiger partial charge is 0.398 e. The Morgan fingerprint density at radius 2 is 2.26 bits per heavy atom. The summed E-state index contributed by atoms with van der Waals surface area (Å²) < 4.78 is 5.91. The molecule has 1 unspecified atom stereocenters. The van der Waals surface area contributed by atoms with E-state index in [1.165, 1.54) is 0 Å². The van der Waals surface area contributed by atoms with Crippen molar-refractivity contribution in [3.8, 4) is 6.07 Å². The van der Waals surface area contributed by atoms with E-state index in [0.717, 1.165) is 24.3 Å². The molecule has 0 spiro atoms. The molecule has 2 rings (SSSR count). The van der Waals surface area contributed by atoms with Crippen molar-refractivity contribution in [3.05, 3.63) is 23.8 Å². The van der Waals surface area contributed by atoms with Crippen molar-refractivity contribution in [1.29, 1.82) is 5.26 Å². The molecule has 1 aromatic carbocycles. The normalized spacial score (nSPS) is 22.0. The van der Waals surface area contributed by atoms with E-state index in [1.807, 2.05) is 18.2 Å². The van der Waals surface area contributed by atoms with Crippen LogP contribution in [0.25, 0.3) is 0 Å². The molecule has 1 aliphatic rings. The predicted molar refractivity (Wildman–Crippen MR) is 77.0 cm³/mol. The van der Waals surface area contributed by atoms with Crippen LogP contribution in [0, 0.1) is 11.3 Å². The van der Waals surface area contributed by atoms with Crippen LogP contribution >= 0.6 is 0 Å². The second kappa shape index (κ2) is 5.10. The lowest BCUT2D eigenvalue weighted by atomic mass is 10.0. The Labute approximate surface area is 114 Å². The standard InChI is InChI=1S/C15H21N3O/c1-11-9-18(10-15(2,3)19-11)13-4-5-14(17)12(8-13)6-7-16/h4-5,8,11H,6,9-10,17H2,1-3H3. The van der Waals surface area contributed by atoms with Gasteiger partial charge in [-0.2, -0.15) is 5.26 Å². The van der Waals surface area contributed by atoms with Gasteiger partial charge in [-0.3, -0.25) is 0 Å². The molecule has 1 saturated heterocycles. The van der Waals surface area contributed by atoms with Gasteiger partial charge in [-0.15, -0.1) is 0 Å². The number of rotatable bonds is 2. The van der Waals surface area contributed by atoms with Crippen LogP contribution in [0.3, 0.4) is 0 Å². The van der Waals surface area contributed by atoms with Crippen LogP contribution in [0.5, 0.6) is 0 Å². The van der Waals surface area contributed by atoms with Crippen LogP contribution in [-0.2, 0) is 11.2 Å². The lowest BCUT2D eigenvalue weighted by Crippen LogP contribution is -2.52. The first-order chi connectivity index (χ1) is 8.91. The highest BCUT2D eigenvalue weighted by Crippen LogP contribution is 2.28. The third-order valence-corrected chi connectivity index (χ3v) is 3.33. The van der Waals surface area contributed by atoms with Crippen molar-refractivity contribution >= 4 is 11.4 Å². The summed E-state index contributed by atoms with van der Waals surface area (Å²) in [7, 11) is 0. The number of hydrogen-bond donors (Lipinski definition) is 1. The molecular formula is C15H21N3O. The summed E-state index contributed by atoms with van der Waals surface area (Å²) in [6.07, 6.45) is 0.545. The maximum absolute atomic E-state index is 8.83. The quantitative estimate of drug-likeness (QED) is 0.828. The van der Waals surface area contributed by atoms with Gasteiger partial charge in [0.05, 0.1) is 24.2 Å². The van der Waals surface area contributed by atoms with Crippen LogP contribution < -0.4 is 10.6 Å². The summed E-state index contributed by atoms with van der Waals surface area (Å²) in [6.45, 7) is 7.99. The molecule has 4 nitrogen and oxygen atoms in total. The number of nitriles is 1. The van der Waals surface area contributed by atoms with Crippen molar-refractivity contribution < 1.29 is 4.74 Å². The van der Waals surface area contributed by atoms with Crippen molar-refractivity contribution in [1.82, 2.24) is 0 Å². The summed E-state index contributed by atoms with van der Waals surface area (Å²) in [5.74, 6) is 0. The Kier molecular flexibility index (Phi) is 3.68. The zero-order chi connectivity index (χ0) is 14.0. The number of nitrogens with zero attached hydrogens (tertiary/aromatic N) is 2. The van der Waals surface area contributed by atoms with Gasteiger partial charge in [0.1, 0.15) is 0 Å². The van der Waals surface area contributed by atoms with Gasteiger partial charge in [0.2, 0.25) is 0 Å². The van der Waals surface area contributed by atoms with E-state index in [4.69, 9.17) is 15.7 Å². The average molecular weight is 259 g/mol. The minimum atomic E-state index is -0.158. The molecule has 1 heterocycles. The molecule has 19 heavy (non-hydrogen) atoms. The smallest absolute Gasteiger partial charge is 0.0805 e. The summed E-state index contributed by atoms with van der Waals surface area (Å²) >= 11 is 0.